The second-order valence-corrected chi connectivity index (χ2v) is 6.90. The van der Waals surface area contributed by atoms with Gasteiger partial charge in [0.15, 0.2) is 5.78 Å². The van der Waals surface area contributed by atoms with Crippen molar-refractivity contribution in [2.75, 3.05) is 0 Å². The first-order valence-corrected chi connectivity index (χ1v) is 8.94. The van der Waals surface area contributed by atoms with Gasteiger partial charge < -0.3 is 5.11 Å². The Morgan fingerprint density at radius 3 is 2.54 bits per heavy atom. The molecule has 1 heterocycles. The molecule has 5 nitrogen and oxygen atoms in total. The Hall–Kier alpha value is -3.36. The minimum Gasteiger partial charge on any atom is -0.494 e. The number of carbonyl (C=O) groups is 1. The lowest BCUT2D eigenvalue weighted by molar-refractivity contribution is 0.103. The van der Waals surface area contributed by atoms with E-state index in [1.807, 2.05) is 19.1 Å². The van der Waals surface area contributed by atoms with E-state index in [1.54, 1.807) is 42.5 Å². The molecule has 0 saturated heterocycles. The van der Waals surface area contributed by atoms with Crippen molar-refractivity contribution in [3.63, 3.8) is 0 Å². The van der Waals surface area contributed by atoms with E-state index in [0.717, 1.165) is 10.1 Å². The number of nitriles is 1. The topological polar surface area (TPSA) is 83.1 Å². The summed E-state index contributed by atoms with van der Waals surface area (Å²) in [5.41, 5.74) is 1.08. The van der Waals surface area contributed by atoms with Gasteiger partial charge in [0.2, 0.25) is 5.88 Å². The summed E-state index contributed by atoms with van der Waals surface area (Å²) in [5.74, 6) is -0.934. The van der Waals surface area contributed by atoms with E-state index in [-0.39, 0.29) is 23.2 Å². The van der Waals surface area contributed by atoms with Gasteiger partial charge in [0.25, 0.3) is 5.56 Å². The van der Waals surface area contributed by atoms with Gasteiger partial charge in [0.1, 0.15) is 11.6 Å². The maximum atomic E-state index is 13.1. The van der Waals surface area contributed by atoms with E-state index >= 15 is 0 Å². The number of ketones is 1. The van der Waals surface area contributed by atoms with E-state index in [2.05, 4.69) is 0 Å². The highest BCUT2D eigenvalue weighted by atomic mass is 35.5. The van der Waals surface area contributed by atoms with E-state index in [4.69, 9.17) is 11.6 Å². The van der Waals surface area contributed by atoms with Crippen LogP contribution in [0.25, 0.3) is 0 Å². The van der Waals surface area contributed by atoms with Gasteiger partial charge in [-0.3, -0.25) is 14.2 Å². The van der Waals surface area contributed by atoms with Crippen LogP contribution < -0.4 is 5.56 Å². The Labute approximate surface area is 167 Å². The zero-order valence-electron chi connectivity index (χ0n) is 15.4. The molecule has 0 amide bonds. The van der Waals surface area contributed by atoms with Crippen molar-refractivity contribution in [2.45, 2.75) is 20.4 Å². The molecule has 0 saturated carbocycles. The summed E-state index contributed by atoms with van der Waals surface area (Å²) in [6.45, 7) is 3.28. The zero-order chi connectivity index (χ0) is 20.4. The van der Waals surface area contributed by atoms with Crippen LogP contribution in [0, 0.1) is 25.2 Å². The molecule has 1 N–H and O–H groups in total. The molecule has 0 aliphatic carbocycles. The van der Waals surface area contributed by atoms with Gasteiger partial charge in [-0.05, 0) is 37.1 Å². The molecule has 2 aromatic carbocycles. The molecule has 0 aliphatic rings. The molecule has 0 radical (unpaired) electrons. The molecule has 3 rings (SSSR count). The molecule has 0 fully saturated rings. The van der Waals surface area contributed by atoms with E-state index in [0.29, 0.717) is 16.1 Å². The highest BCUT2D eigenvalue weighted by molar-refractivity contribution is 6.31. The second-order valence-electron chi connectivity index (χ2n) is 6.49. The van der Waals surface area contributed by atoms with Crippen molar-refractivity contribution in [1.82, 2.24) is 4.57 Å². The summed E-state index contributed by atoms with van der Waals surface area (Å²) in [6, 6.07) is 15.6. The lowest BCUT2D eigenvalue weighted by Gasteiger charge is -2.16. The van der Waals surface area contributed by atoms with E-state index in [9.17, 15) is 20.0 Å². The molecule has 28 heavy (non-hydrogen) atoms. The molecule has 0 atom stereocenters. The molecule has 0 spiro atoms. The third-order valence-corrected chi connectivity index (χ3v) is 4.96. The molecular weight excluding hydrogens is 376 g/mol. The smallest absolute Gasteiger partial charge is 0.271 e. The molecule has 1 aromatic heterocycles. The first-order valence-electron chi connectivity index (χ1n) is 8.56. The fraction of sp³-hybridized carbons (Fsp3) is 0.136. The van der Waals surface area contributed by atoms with Crippen LogP contribution in [-0.2, 0) is 6.54 Å². The Kier molecular flexibility index (Phi) is 5.34. The summed E-state index contributed by atoms with van der Waals surface area (Å²) in [4.78, 5) is 25.8. The van der Waals surface area contributed by atoms with Crippen LogP contribution in [0.15, 0.2) is 53.3 Å². The van der Waals surface area contributed by atoms with Crippen LogP contribution in [0.5, 0.6) is 5.88 Å². The molecule has 3 aromatic rings. The van der Waals surface area contributed by atoms with Crippen molar-refractivity contribution >= 4 is 17.4 Å². The van der Waals surface area contributed by atoms with Gasteiger partial charge in [-0.2, -0.15) is 5.26 Å². The van der Waals surface area contributed by atoms with Gasteiger partial charge >= 0.3 is 0 Å². The number of pyridine rings is 1. The number of aryl methyl sites for hydroxylation is 1. The van der Waals surface area contributed by atoms with Gasteiger partial charge in [-0.25, -0.2) is 0 Å². The quantitative estimate of drug-likeness (QED) is 0.681. The minimum atomic E-state index is -0.668. The molecule has 6 heteroatoms. The summed E-state index contributed by atoms with van der Waals surface area (Å²) in [5, 5.41) is 20.7. The third-order valence-electron chi connectivity index (χ3n) is 4.59. The SMILES string of the molecule is Cc1cccc(C(=O)c2c(C)c(C#N)c(=O)n(Cc3ccccc3Cl)c2O)c1. The molecule has 140 valence electrons. The number of benzene rings is 2. The monoisotopic (exact) mass is 392 g/mol. The number of nitrogens with zero attached hydrogens (tertiary/aromatic N) is 2. The summed E-state index contributed by atoms with van der Waals surface area (Å²) in [7, 11) is 0. The Morgan fingerprint density at radius 1 is 1.18 bits per heavy atom. The van der Waals surface area contributed by atoms with Crippen LogP contribution in [0.1, 0.15) is 38.2 Å². The average molecular weight is 393 g/mol. The number of rotatable bonds is 4. The van der Waals surface area contributed by atoms with E-state index in [1.165, 1.54) is 6.92 Å². The van der Waals surface area contributed by atoms with E-state index < -0.39 is 17.2 Å². The Morgan fingerprint density at radius 2 is 1.89 bits per heavy atom. The standard InChI is InChI=1S/C22H17ClN2O3/c1-13-6-5-8-15(10-13)20(26)19-14(2)17(11-24)21(27)25(22(19)28)12-16-7-3-4-9-18(16)23/h3-10,28H,12H2,1-2H3. The van der Waals surface area contributed by atoms with Crippen LogP contribution in [-0.4, -0.2) is 15.5 Å². The number of hydrogen-bond donors (Lipinski definition) is 1. The molecular formula is C22H17ClN2O3. The third kappa shape index (κ3) is 3.42. The fourth-order valence-electron chi connectivity index (χ4n) is 3.10. The first-order chi connectivity index (χ1) is 13.3. The summed E-state index contributed by atoms with van der Waals surface area (Å²) in [6.07, 6.45) is 0. The highest BCUT2D eigenvalue weighted by Crippen LogP contribution is 2.27. The number of halogens is 1. The normalized spacial score (nSPS) is 10.5. The zero-order valence-corrected chi connectivity index (χ0v) is 16.1. The average Bonchev–Trinajstić information content (AvgIpc) is 2.67. The van der Waals surface area contributed by atoms with Gasteiger partial charge in [-0.1, -0.05) is 53.6 Å². The number of aromatic nitrogens is 1. The largest absolute Gasteiger partial charge is 0.494 e. The predicted octanol–water partition coefficient (Wildman–Crippen LogP) is 3.98. The fourth-order valence-corrected chi connectivity index (χ4v) is 3.29. The van der Waals surface area contributed by atoms with Crippen molar-refractivity contribution in [3.05, 3.63) is 97.3 Å². The van der Waals surface area contributed by atoms with Crippen molar-refractivity contribution in [2.24, 2.45) is 0 Å². The Balaban J connectivity index is 2.24. The summed E-state index contributed by atoms with van der Waals surface area (Å²) < 4.78 is 1.01. The van der Waals surface area contributed by atoms with Crippen LogP contribution in [0.4, 0.5) is 0 Å². The van der Waals surface area contributed by atoms with Gasteiger partial charge in [0.05, 0.1) is 12.1 Å². The van der Waals surface area contributed by atoms with Crippen molar-refractivity contribution < 1.29 is 9.90 Å². The lowest BCUT2D eigenvalue weighted by Crippen LogP contribution is -2.27. The number of aromatic hydroxyl groups is 1. The second kappa shape index (κ2) is 7.71. The van der Waals surface area contributed by atoms with Gasteiger partial charge in [0, 0.05) is 10.6 Å². The molecule has 0 unspecified atom stereocenters. The van der Waals surface area contributed by atoms with Crippen LogP contribution in [0.2, 0.25) is 5.02 Å². The Bertz CT molecular complexity index is 1190. The molecule has 0 bridgehead atoms. The van der Waals surface area contributed by atoms with Crippen LogP contribution in [0.3, 0.4) is 0 Å². The highest BCUT2D eigenvalue weighted by Gasteiger charge is 2.25. The maximum absolute atomic E-state index is 13.1. The maximum Gasteiger partial charge on any atom is 0.271 e. The molecule has 0 aliphatic heterocycles. The summed E-state index contributed by atoms with van der Waals surface area (Å²) >= 11 is 6.17. The number of carbonyl (C=O) groups excluding carboxylic acids is 1. The predicted molar refractivity (Wildman–Crippen MR) is 107 cm³/mol. The van der Waals surface area contributed by atoms with Crippen molar-refractivity contribution in [3.8, 4) is 11.9 Å². The lowest BCUT2D eigenvalue weighted by atomic mass is 9.96. The van der Waals surface area contributed by atoms with Gasteiger partial charge in [-0.15, -0.1) is 0 Å². The van der Waals surface area contributed by atoms with Crippen molar-refractivity contribution in [1.29, 1.82) is 5.26 Å². The van der Waals surface area contributed by atoms with Crippen LogP contribution >= 0.6 is 11.6 Å². The number of hydrogen-bond acceptors (Lipinski definition) is 4. The first kappa shape index (κ1) is 19.4. The minimum absolute atomic E-state index is 0.0613.